The molecule has 0 spiro atoms. The number of anilines is 6. The highest BCUT2D eigenvalue weighted by atomic mass is 79.9. The molecule has 238 valence electrons. The van der Waals surface area contributed by atoms with E-state index in [0.29, 0.717) is 17.8 Å². The number of nitrogens with zero attached hydrogens (tertiary/aromatic N) is 7. The number of rotatable bonds is 10. The molecular formula is C32H41BrN10OS. The molecule has 11 nitrogen and oxygen atoms in total. The minimum absolute atomic E-state index is 0.456. The van der Waals surface area contributed by atoms with Crippen LogP contribution in [0.5, 0.6) is 5.75 Å². The molecule has 3 N–H and O–H groups in total. The summed E-state index contributed by atoms with van der Waals surface area (Å²) < 4.78 is 10.0. The summed E-state index contributed by atoms with van der Waals surface area (Å²) in [7, 11) is 3.93. The van der Waals surface area contributed by atoms with Gasteiger partial charge in [-0.25, -0.2) is 4.98 Å². The number of benzene rings is 2. The Morgan fingerprint density at radius 1 is 0.978 bits per heavy atom. The van der Waals surface area contributed by atoms with Crippen LogP contribution in [0, 0.1) is 6.92 Å². The fraction of sp³-hybridized carbons (Fsp3) is 0.438. The summed E-state index contributed by atoms with van der Waals surface area (Å²) >= 11 is 5.22. The van der Waals surface area contributed by atoms with E-state index < -0.39 is 0 Å². The topological polar surface area (TPSA) is 107 Å². The normalized spacial score (nSPS) is 16.6. The number of hydrogen-bond acceptors (Lipinski definition) is 12. The van der Waals surface area contributed by atoms with Gasteiger partial charge in [-0.3, -0.25) is 14.9 Å². The first-order chi connectivity index (χ1) is 21.9. The number of hydrogen-bond donors (Lipinski definition) is 3. The number of halogens is 1. The minimum atomic E-state index is 0.456. The molecule has 2 aromatic heterocycles. The number of piperazine rings is 1. The number of aromatic nitrogens is 4. The summed E-state index contributed by atoms with van der Waals surface area (Å²) in [5.74, 6) is 2.73. The second kappa shape index (κ2) is 14.4. The van der Waals surface area contributed by atoms with Crippen LogP contribution in [0.2, 0.25) is 0 Å². The van der Waals surface area contributed by atoms with Gasteiger partial charge in [0.1, 0.15) is 17.1 Å². The van der Waals surface area contributed by atoms with Crippen LogP contribution in [-0.4, -0.2) is 95.0 Å². The molecule has 45 heavy (non-hydrogen) atoms. The second-order valence-corrected chi connectivity index (χ2v) is 13.4. The lowest BCUT2D eigenvalue weighted by Gasteiger charge is -2.43. The maximum absolute atomic E-state index is 5.87. The summed E-state index contributed by atoms with van der Waals surface area (Å²) in [6.07, 6.45) is 7.52. The van der Waals surface area contributed by atoms with E-state index in [1.807, 2.05) is 12.1 Å². The Hall–Kier alpha value is -3.39. The molecule has 0 atom stereocenters. The van der Waals surface area contributed by atoms with Crippen molar-refractivity contribution in [3.63, 3.8) is 0 Å². The first-order valence-electron chi connectivity index (χ1n) is 15.5. The largest absolute Gasteiger partial charge is 0.494 e. The van der Waals surface area contributed by atoms with Gasteiger partial charge in [-0.1, -0.05) is 18.9 Å². The van der Waals surface area contributed by atoms with Crippen LogP contribution in [-0.2, 0) is 0 Å². The maximum atomic E-state index is 5.87. The minimum Gasteiger partial charge on any atom is -0.494 e. The van der Waals surface area contributed by atoms with E-state index >= 15 is 0 Å². The van der Waals surface area contributed by atoms with Crippen LogP contribution in [0.15, 0.2) is 47.3 Å². The Balaban J connectivity index is 1.18. The van der Waals surface area contributed by atoms with E-state index in [-0.39, 0.29) is 0 Å². The summed E-state index contributed by atoms with van der Waals surface area (Å²) in [4.78, 5) is 26.0. The lowest BCUT2D eigenvalue weighted by atomic mass is 10.0. The average Bonchev–Trinajstić information content (AvgIpc) is 3.06. The van der Waals surface area contributed by atoms with Crippen molar-refractivity contribution in [1.82, 2.24) is 29.7 Å². The van der Waals surface area contributed by atoms with Crippen LogP contribution < -0.4 is 25.0 Å². The predicted molar refractivity (Wildman–Crippen MR) is 190 cm³/mol. The molecule has 0 radical (unpaired) electrons. The monoisotopic (exact) mass is 692 g/mol. The van der Waals surface area contributed by atoms with E-state index in [2.05, 4.69) is 94.0 Å². The molecule has 2 aliphatic rings. The van der Waals surface area contributed by atoms with Crippen LogP contribution in [0.4, 0.5) is 34.5 Å². The molecule has 0 unspecified atom stereocenters. The molecular weight excluding hydrogens is 652 g/mol. The molecule has 2 fully saturated rings. The highest BCUT2D eigenvalue weighted by Crippen LogP contribution is 2.38. The summed E-state index contributed by atoms with van der Waals surface area (Å²) in [5, 5.41) is 6.86. The summed E-state index contributed by atoms with van der Waals surface area (Å²) in [6.45, 7) is 11.0. The molecule has 4 aromatic rings. The zero-order valence-corrected chi connectivity index (χ0v) is 28.7. The van der Waals surface area contributed by atoms with Gasteiger partial charge in [0, 0.05) is 81.4 Å². The van der Waals surface area contributed by atoms with Gasteiger partial charge >= 0.3 is 0 Å². The van der Waals surface area contributed by atoms with Gasteiger partial charge in [-0.05, 0) is 66.5 Å². The third kappa shape index (κ3) is 7.21. The summed E-state index contributed by atoms with van der Waals surface area (Å²) in [6, 6.07) is 8.88. The first kappa shape index (κ1) is 31.6. The molecule has 2 aromatic carbocycles. The van der Waals surface area contributed by atoms with Crippen molar-refractivity contribution < 1.29 is 4.74 Å². The zero-order valence-electron chi connectivity index (χ0n) is 26.3. The lowest BCUT2D eigenvalue weighted by Crippen LogP contribution is -2.52. The lowest BCUT2D eigenvalue weighted by molar-refractivity contribution is 0.0982. The Morgan fingerprint density at radius 3 is 2.51 bits per heavy atom. The van der Waals surface area contributed by atoms with Crippen LogP contribution in [0.3, 0.4) is 0 Å². The molecule has 4 heterocycles. The number of fused-ring (bicyclic) bond motifs is 1. The number of likely N-dealkylation sites (N-methyl/N-ethyl adjacent to an activating group) is 1. The van der Waals surface area contributed by atoms with Gasteiger partial charge in [-0.15, -0.1) is 0 Å². The Kier molecular flexibility index (Phi) is 10.1. The molecule has 0 saturated carbocycles. The Morgan fingerprint density at radius 2 is 1.76 bits per heavy atom. The van der Waals surface area contributed by atoms with Crippen LogP contribution >= 0.6 is 27.9 Å². The predicted octanol–water partition coefficient (Wildman–Crippen LogP) is 6.28. The van der Waals surface area contributed by atoms with Gasteiger partial charge in [0.2, 0.25) is 5.95 Å². The molecule has 0 bridgehead atoms. The number of methoxy groups -OCH3 is 1. The third-order valence-electron chi connectivity index (χ3n) is 8.58. The van der Waals surface area contributed by atoms with Crippen molar-refractivity contribution in [3.05, 3.63) is 52.9 Å². The molecule has 13 heteroatoms. The quantitative estimate of drug-likeness (QED) is 0.163. The Labute approximate surface area is 277 Å². The van der Waals surface area contributed by atoms with Crippen molar-refractivity contribution in [1.29, 1.82) is 0 Å². The SMILES string of the molecule is CCSNc1c(Nc2nc(Nc3cc(C)c(N4CCC(N5CCN(C)CC5)CC4)cc3OC)ncc2Br)ccc2nccnc12. The van der Waals surface area contributed by atoms with E-state index in [1.54, 1.807) is 37.6 Å². The van der Waals surface area contributed by atoms with Gasteiger partial charge in [0.05, 0.1) is 34.2 Å². The van der Waals surface area contributed by atoms with Crippen molar-refractivity contribution >= 4 is 73.4 Å². The summed E-state index contributed by atoms with van der Waals surface area (Å²) in [5.41, 5.74) is 6.52. The highest BCUT2D eigenvalue weighted by molar-refractivity contribution is 9.10. The fourth-order valence-electron chi connectivity index (χ4n) is 6.09. The van der Waals surface area contributed by atoms with Crippen LogP contribution in [0.25, 0.3) is 11.0 Å². The standard InChI is InChI=1S/C32H41BrN10OS/c1-5-45-40-30-25(7-6-24-29(30)35-11-10-34-24)37-31-23(33)20-36-32(39-31)38-26-18-21(2)27(19-28(26)44-4)43-12-8-22(9-13-43)42-16-14-41(3)15-17-42/h6-7,10-11,18-20,22,40H,5,8-9,12-17H2,1-4H3,(H2,36,37,38,39). The zero-order chi connectivity index (χ0) is 31.3. The molecule has 2 aliphatic heterocycles. The first-order valence-corrected chi connectivity index (χ1v) is 17.3. The van der Waals surface area contributed by atoms with Gasteiger partial charge < -0.3 is 29.9 Å². The Bertz CT molecular complexity index is 1630. The molecule has 6 rings (SSSR count). The van der Waals surface area contributed by atoms with Crippen molar-refractivity contribution in [2.75, 3.05) is 79.4 Å². The van der Waals surface area contributed by atoms with E-state index in [1.165, 1.54) is 50.3 Å². The smallest absolute Gasteiger partial charge is 0.229 e. The fourth-order valence-corrected chi connectivity index (χ4v) is 6.88. The third-order valence-corrected chi connectivity index (χ3v) is 9.80. The second-order valence-electron chi connectivity index (χ2n) is 11.5. The number of piperidine rings is 1. The van der Waals surface area contributed by atoms with Gasteiger partial charge in [0.15, 0.2) is 0 Å². The maximum Gasteiger partial charge on any atom is 0.229 e. The van der Waals surface area contributed by atoms with Crippen molar-refractivity contribution in [2.45, 2.75) is 32.7 Å². The highest BCUT2D eigenvalue weighted by Gasteiger charge is 2.28. The number of nitrogens with one attached hydrogen (secondary N) is 3. The van der Waals surface area contributed by atoms with E-state index in [0.717, 1.165) is 57.2 Å². The van der Waals surface area contributed by atoms with Gasteiger partial charge in [0.25, 0.3) is 0 Å². The molecule has 0 amide bonds. The van der Waals surface area contributed by atoms with Crippen molar-refractivity contribution in [3.8, 4) is 5.75 Å². The average molecular weight is 694 g/mol. The molecule has 2 saturated heterocycles. The van der Waals surface area contributed by atoms with Crippen LogP contribution in [0.1, 0.15) is 25.3 Å². The van der Waals surface area contributed by atoms with Crippen molar-refractivity contribution in [2.24, 2.45) is 0 Å². The van der Waals surface area contributed by atoms with E-state index in [4.69, 9.17) is 9.72 Å². The number of ether oxygens (including phenoxy) is 1. The number of aryl methyl sites for hydroxylation is 1. The molecule has 0 aliphatic carbocycles. The van der Waals surface area contributed by atoms with Gasteiger partial charge in [-0.2, -0.15) is 4.98 Å². The van der Waals surface area contributed by atoms with E-state index in [9.17, 15) is 0 Å².